The molecule has 0 aromatic carbocycles. The molecule has 0 aliphatic rings. The van der Waals surface area contributed by atoms with Crippen molar-refractivity contribution in [3.63, 3.8) is 0 Å². The van der Waals surface area contributed by atoms with Crippen LogP contribution in [0, 0.1) is 0 Å². The third-order valence-corrected chi connectivity index (χ3v) is 1.43. The molecule has 0 aliphatic heterocycles. The minimum Gasteiger partial charge on any atom is -0.342 e. The molecule has 0 spiro atoms. The zero-order valence-electron chi connectivity index (χ0n) is 7.57. The molecule has 70 valence electrons. The Balaban J connectivity index is 2.64. The van der Waals surface area contributed by atoms with Crippen molar-refractivity contribution >= 4 is 11.6 Å². The van der Waals surface area contributed by atoms with E-state index in [0.29, 0.717) is 0 Å². The number of hydrogen-bond donors (Lipinski definition) is 1. The van der Waals surface area contributed by atoms with Gasteiger partial charge in [-0.1, -0.05) is 0 Å². The van der Waals surface area contributed by atoms with Crippen molar-refractivity contribution < 1.29 is 9.59 Å². The molecule has 0 aliphatic carbocycles. The SMILES string of the molecule is CN(C)CC(=O)C(=O)c1ncc[nH]1. The minimum atomic E-state index is -0.571. The summed E-state index contributed by atoms with van der Waals surface area (Å²) in [5.74, 6) is -0.925. The van der Waals surface area contributed by atoms with Crippen LogP contribution in [0.2, 0.25) is 0 Å². The lowest BCUT2D eigenvalue weighted by Crippen LogP contribution is -2.28. The quantitative estimate of drug-likeness (QED) is 0.512. The van der Waals surface area contributed by atoms with Crippen LogP contribution in [0.1, 0.15) is 10.6 Å². The average Bonchev–Trinajstić information content (AvgIpc) is 2.53. The third-order valence-electron chi connectivity index (χ3n) is 1.43. The topological polar surface area (TPSA) is 66.1 Å². The van der Waals surface area contributed by atoms with Gasteiger partial charge in [-0.3, -0.25) is 9.59 Å². The summed E-state index contributed by atoms with van der Waals surface area (Å²) in [7, 11) is 3.46. The van der Waals surface area contributed by atoms with E-state index >= 15 is 0 Å². The first-order valence-electron chi connectivity index (χ1n) is 3.83. The lowest BCUT2D eigenvalue weighted by molar-refractivity contribution is -0.115. The molecule has 0 atom stereocenters. The Morgan fingerprint density at radius 2 is 2.23 bits per heavy atom. The largest absolute Gasteiger partial charge is 0.342 e. The zero-order chi connectivity index (χ0) is 9.84. The Bertz CT molecular complexity index is 303. The van der Waals surface area contributed by atoms with E-state index < -0.39 is 11.6 Å². The first-order valence-corrected chi connectivity index (χ1v) is 3.83. The molecule has 1 heterocycles. The predicted octanol–water partition coefficient (Wildman–Crippen LogP) is -0.277. The van der Waals surface area contributed by atoms with Gasteiger partial charge in [0.25, 0.3) is 5.78 Å². The number of ketones is 2. The normalized spacial score (nSPS) is 10.4. The summed E-state index contributed by atoms with van der Waals surface area (Å²) < 4.78 is 0. The van der Waals surface area contributed by atoms with E-state index in [1.807, 2.05) is 0 Å². The number of nitrogens with one attached hydrogen (secondary N) is 1. The van der Waals surface area contributed by atoms with Crippen LogP contribution in [-0.4, -0.2) is 47.1 Å². The molecule has 1 N–H and O–H groups in total. The highest BCUT2D eigenvalue weighted by Gasteiger charge is 2.18. The zero-order valence-corrected chi connectivity index (χ0v) is 7.57. The Morgan fingerprint density at radius 3 is 2.69 bits per heavy atom. The number of nitrogens with zero attached hydrogens (tertiary/aromatic N) is 2. The molecule has 0 unspecified atom stereocenters. The fraction of sp³-hybridized carbons (Fsp3) is 0.375. The number of rotatable bonds is 4. The molecule has 0 amide bonds. The van der Waals surface area contributed by atoms with Gasteiger partial charge in [-0.15, -0.1) is 0 Å². The van der Waals surface area contributed by atoms with Gasteiger partial charge in [-0.2, -0.15) is 0 Å². The van der Waals surface area contributed by atoms with Crippen molar-refractivity contribution in [2.24, 2.45) is 0 Å². The molecule has 1 rings (SSSR count). The van der Waals surface area contributed by atoms with Crippen LogP contribution in [0.4, 0.5) is 0 Å². The van der Waals surface area contributed by atoms with E-state index in [-0.39, 0.29) is 12.4 Å². The fourth-order valence-electron chi connectivity index (χ4n) is 0.881. The molecule has 0 saturated carbocycles. The molecule has 0 radical (unpaired) electrons. The van der Waals surface area contributed by atoms with Gasteiger partial charge in [0.2, 0.25) is 5.78 Å². The highest BCUT2D eigenvalue weighted by molar-refractivity contribution is 6.43. The van der Waals surface area contributed by atoms with E-state index in [0.717, 1.165) is 0 Å². The Hall–Kier alpha value is -1.49. The van der Waals surface area contributed by atoms with Crippen LogP contribution in [0.5, 0.6) is 0 Å². The van der Waals surface area contributed by atoms with Gasteiger partial charge in [0, 0.05) is 12.4 Å². The number of carbonyl (C=O) groups excluding carboxylic acids is 2. The Kier molecular flexibility index (Phi) is 2.92. The molecule has 5 heteroatoms. The van der Waals surface area contributed by atoms with Gasteiger partial charge < -0.3 is 9.88 Å². The highest BCUT2D eigenvalue weighted by atomic mass is 16.2. The molecule has 1 aromatic rings. The van der Waals surface area contributed by atoms with Crippen molar-refractivity contribution in [2.45, 2.75) is 0 Å². The monoisotopic (exact) mass is 181 g/mol. The second kappa shape index (κ2) is 3.95. The maximum Gasteiger partial charge on any atom is 0.265 e. The third kappa shape index (κ3) is 2.48. The lowest BCUT2D eigenvalue weighted by Gasteiger charge is -2.05. The van der Waals surface area contributed by atoms with E-state index in [4.69, 9.17) is 0 Å². The van der Waals surface area contributed by atoms with Crippen LogP contribution >= 0.6 is 0 Å². The van der Waals surface area contributed by atoms with Crippen molar-refractivity contribution in [3.8, 4) is 0 Å². The summed E-state index contributed by atoms with van der Waals surface area (Å²) in [6.07, 6.45) is 2.95. The first kappa shape index (κ1) is 9.60. The number of H-pyrrole nitrogens is 1. The molecule has 1 aromatic heterocycles. The summed E-state index contributed by atoms with van der Waals surface area (Å²) in [4.78, 5) is 30.4. The van der Waals surface area contributed by atoms with Crippen LogP contribution in [-0.2, 0) is 4.79 Å². The Labute approximate surface area is 75.8 Å². The van der Waals surface area contributed by atoms with Gasteiger partial charge in [0.1, 0.15) is 0 Å². The predicted molar refractivity (Wildman–Crippen MR) is 46.5 cm³/mol. The molecule has 13 heavy (non-hydrogen) atoms. The number of Topliss-reactive ketones (excluding diaryl/α,β-unsaturated/α-hetero) is 2. The van der Waals surface area contributed by atoms with Gasteiger partial charge >= 0.3 is 0 Å². The molecule has 0 saturated heterocycles. The number of aromatic amines is 1. The van der Waals surface area contributed by atoms with Crippen LogP contribution in [0.15, 0.2) is 12.4 Å². The maximum absolute atomic E-state index is 11.3. The first-order chi connectivity index (χ1) is 6.11. The van der Waals surface area contributed by atoms with E-state index in [1.54, 1.807) is 19.0 Å². The van der Waals surface area contributed by atoms with Gasteiger partial charge in [0.15, 0.2) is 5.82 Å². The average molecular weight is 181 g/mol. The van der Waals surface area contributed by atoms with E-state index in [9.17, 15) is 9.59 Å². The standard InChI is InChI=1S/C8H11N3O2/c1-11(2)5-6(12)7(13)8-9-3-4-10-8/h3-4H,5H2,1-2H3,(H,9,10). The number of imidazole rings is 1. The summed E-state index contributed by atoms with van der Waals surface area (Å²) in [6, 6.07) is 0. The van der Waals surface area contributed by atoms with Crippen molar-refractivity contribution in [1.29, 1.82) is 0 Å². The van der Waals surface area contributed by atoms with Crippen LogP contribution in [0.3, 0.4) is 0 Å². The second-order valence-corrected chi connectivity index (χ2v) is 2.93. The molecule has 0 fully saturated rings. The van der Waals surface area contributed by atoms with Crippen LogP contribution < -0.4 is 0 Å². The summed E-state index contributed by atoms with van der Waals surface area (Å²) in [5, 5.41) is 0. The highest BCUT2D eigenvalue weighted by Crippen LogP contribution is 1.93. The lowest BCUT2D eigenvalue weighted by atomic mass is 10.2. The molecular weight excluding hydrogens is 170 g/mol. The second-order valence-electron chi connectivity index (χ2n) is 2.93. The van der Waals surface area contributed by atoms with Gasteiger partial charge in [-0.25, -0.2) is 4.98 Å². The Morgan fingerprint density at radius 1 is 1.54 bits per heavy atom. The smallest absolute Gasteiger partial charge is 0.265 e. The number of aromatic nitrogens is 2. The van der Waals surface area contributed by atoms with Crippen molar-refractivity contribution in [3.05, 3.63) is 18.2 Å². The number of hydrogen-bond acceptors (Lipinski definition) is 4. The summed E-state index contributed by atoms with van der Waals surface area (Å²) in [6.45, 7) is 0.111. The van der Waals surface area contributed by atoms with E-state index in [1.165, 1.54) is 12.4 Å². The van der Waals surface area contributed by atoms with Gasteiger partial charge in [0.05, 0.1) is 6.54 Å². The number of carbonyl (C=O) groups is 2. The number of likely N-dealkylation sites (N-methyl/N-ethyl adjacent to an activating group) is 1. The van der Waals surface area contributed by atoms with Crippen molar-refractivity contribution in [2.75, 3.05) is 20.6 Å². The molecule has 0 bridgehead atoms. The maximum atomic E-state index is 11.3. The van der Waals surface area contributed by atoms with Gasteiger partial charge in [-0.05, 0) is 14.1 Å². The summed E-state index contributed by atoms with van der Waals surface area (Å²) in [5.41, 5.74) is 0. The minimum absolute atomic E-state index is 0.104. The summed E-state index contributed by atoms with van der Waals surface area (Å²) >= 11 is 0. The molecule has 5 nitrogen and oxygen atoms in total. The fourth-order valence-corrected chi connectivity index (χ4v) is 0.881. The van der Waals surface area contributed by atoms with E-state index in [2.05, 4.69) is 9.97 Å². The van der Waals surface area contributed by atoms with Crippen molar-refractivity contribution in [1.82, 2.24) is 14.9 Å². The van der Waals surface area contributed by atoms with Crippen LogP contribution in [0.25, 0.3) is 0 Å². The molecular formula is C8H11N3O2.